The first kappa shape index (κ1) is 17.1. The number of nitrogens with zero attached hydrogens (tertiary/aromatic N) is 1. The lowest BCUT2D eigenvalue weighted by Gasteiger charge is -2.14. The van der Waals surface area contributed by atoms with E-state index in [1.54, 1.807) is 0 Å². The molecule has 0 radical (unpaired) electrons. The van der Waals surface area contributed by atoms with Gasteiger partial charge in [0, 0.05) is 18.2 Å². The molecule has 6 heteroatoms. The quantitative estimate of drug-likeness (QED) is 0.450. The number of nitro benzene ring substituents is 1. The lowest BCUT2D eigenvalue weighted by atomic mass is 10.1. The maximum atomic E-state index is 13.6. The minimum Gasteiger partial charge on any atom is -0.349 e. The standard InChI is InChI=1S/C15H21FN2O3/c1-3-4-5-6-7-11(2)17-15(19)13-10-12(18(20)21)8-9-14(13)16/h8-11H,3-7H2,1-2H3,(H,17,19). The number of benzene rings is 1. The van der Waals surface area contributed by atoms with Gasteiger partial charge in [-0.15, -0.1) is 0 Å². The minimum atomic E-state index is -0.753. The number of nitro groups is 1. The second-order valence-electron chi connectivity index (χ2n) is 5.15. The highest BCUT2D eigenvalue weighted by Crippen LogP contribution is 2.17. The molecule has 0 saturated heterocycles. The molecule has 0 heterocycles. The molecule has 0 saturated carbocycles. The van der Waals surface area contributed by atoms with Crippen molar-refractivity contribution in [3.8, 4) is 0 Å². The summed E-state index contributed by atoms with van der Waals surface area (Å²) in [7, 11) is 0. The van der Waals surface area contributed by atoms with E-state index in [1.165, 1.54) is 0 Å². The molecule has 1 unspecified atom stereocenters. The van der Waals surface area contributed by atoms with E-state index in [9.17, 15) is 19.3 Å². The molecule has 116 valence electrons. The number of carbonyl (C=O) groups excluding carboxylic acids is 1. The first-order valence-electron chi connectivity index (χ1n) is 7.20. The molecule has 1 rings (SSSR count). The topological polar surface area (TPSA) is 72.2 Å². The molecule has 21 heavy (non-hydrogen) atoms. The smallest absolute Gasteiger partial charge is 0.270 e. The number of amides is 1. The maximum Gasteiger partial charge on any atom is 0.270 e. The van der Waals surface area contributed by atoms with Crippen LogP contribution >= 0.6 is 0 Å². The highest BCUT2D eigenvalue weighted by Gasteiger charge is 2.18. The lowest BCUT2D eigenvalue weighted by Crippen LogP contribution is -2.33. The summed E-state index contributed by atoms with van der Waals surface area (Å²) in [5, 5.41) is 13.3. The lowest BCUT2D eigenvalue weighted by molar-refractivity contribution is -0.384. The Morgan fingerprint density at radius 2 is 2.10 bits per heavy atom. The van der Waals surface area contributed by atoms with Gasteiger partial charge in [0.1, 0.15) is 5.82 Å². The number of hydrogen-bond donors (Lipinski definition) is 1. The van der Waals surface area contributed by atoms with Crippen LogP contribution in [0.1, 0.15) is 56.3 Å². The molecule has 0 fully saturated rings. The van der Waals surface area contributed by atoms with Crippen LogP contribution in [0, 0.1) is 15.9 Å². The number of carbonyl (C=O) groups is 1. The van der Waals surface area contributed by atoms with E-state index in [4.69, 9.17) is 0 Å². The van der Waals surface area contributed by atoms with Crippen molar-refractivity contribution >= 4 is 11.6 Å². The number of halogens is 1. The predicted octanol–water partition coefficient (Wildman–Crippen LogP) is 3.82. The Kier molecular flexibility index (Phi) is 6.78. The van der Waals surface area contributed by atoms with Crippen molar-refractivity contribution in [1.82, 2.24) is 5.32 Å². The summed E-state index contributed by atoms with van der Waals surface area (Å²) in [5.41, 5.74) is -0.582. The third kappa shape index (κ3) is 5.49. The molecule has 1 amide bonds. The molecule has 0 aliphatic carbocycles. The van der Waals surface area contributed by atoms with Crippen molar-refractivity contribution in [2.75, 3.05) is 0 Å². The molecule has 5 nitrogen and oxygen atoms in total. The van der Waals surface area contributed by atoms with Gasteiger partial charge in [0.2, 0.25) is 0 Å². The van der Waals surface area contributed by atoms with Crippen LogP contribution in [0.4, 0.5) is 10.1 Å². The number of rotatable bonds is 8. The molecule has 0 aromatic heterocycles. The van der Waals surface area contributed by atoms with E-state index in [0.717, 1.165) is 50.3 Å². The Bertz CT molecular complexity index is 506. The summed E-state index contributed by atoms with van der Waals surface area (Å²) in [4.78, 5) is 22.0. The first-order valence-corrected chi connectivity index (χ1v) is 7.20. The van der Waals surface area contributed by atoms with Crippen molar-refractivity contribution in [2.45, 2.75) is 52.0 Å². The first-order chi connectivity index (χ1) is 9.95. The average molecular weight is 296 g/mol. The van der Waals surface area contributed by atoms with Gasteiger partial charge in [-0.2, -0.15) is 0 Å². The molecule has 0 aliphatic rings. The molecule has 0 bridgehead atoms. The highest BCUT2D eigenvalue weighted by atomic mass is 19.1. The predicted molar refractivity (Wildman–Crippen MR) is 78.7 cm³/mol. The summed E-state index contributed by atoms with van der Waals surface area (Å²) in [6.07, 6.45) is 5.19. The maximum absolute atomic E-state index is 13.6. The molecule has 0 aliphatic heterocycles. The Hall–Kier alpha value is -1.98. The Labute approximate surface area is 123 Å². The number of non-ortho nitro benzene ring substituents is 1. The van der Waals surface area contributed by atoms with Crippen LogP contribution in [0.15, 0.2) is 18.2 Å². The zero-order chi connectivity index (χ0) is 15.8. The van der Waals surface area contributed by atoms with E-state index in [1.807, 2.05) is 6.92 Å². The molecule has 1 aromatic carbocycles. The van der Waals surface area contributed by atoms with Crippen LogP contribution < -0.4 is 5.32 Å². The van der Waals surface area contributed by atoms with Gasteiger partial charge < -0.3 is 5.32 Å². The van der Waals surface area contributed by atoms with Gasteiger partial charge in [0.25, 0.3) is 11.6 Å². The molecule has 1 N–H and O–H groups in total. The summed E-state index contributed by atoms with van der Waals surface area (Å²) < 4.78 is 13.6. The molecular weight excluding hydrogens is 275 g/mol. The summed E-state index contributed by atoms with van der Waals surface area (Å²) in [6.45, 7) is 3.97. The molecular formula is C15H21FN2O3. The van der Waals surface area contributed by atoms with E-state index in [0.29, 0.717) is 0 Å². The fourth-order valence-electron chi connectivity index (χ4n) is 2.05. The van der Waals surface area contributed by atoms with Crippen molar-refractivity contribution < 1.29 is 14.1 Å². The Balaban J connectivity index is 2.62. The number of hydrogen-bond acceptors (Lipinski definition) is 3. The van der Waals surface area contributed by atoms with Gasteiger partial charge in [0.15, 0.2) is 0 Å². The number of unbranched alkanes of at least 4 members (excludes halogenated alkanes) is 3. The summed E-state index contributed by atoms with van der Waals surface area (Å²) >= 11 is 0. The van der Waals surface area contributed by atoms with Gasteiger partial charge in [-0.05, 0) is 19.4 Å². The second kappa shape index (κ2) is 8.34. The largest absolute Gasteiger partial charge is 0.349 e. The van der Waals surface area contributed by atoms with E-state index in [-0.39, 0.29) is 17.3 Å². The van der Waals surface area contributed by atoms with E-state index < -0.39 is 16.6 Å². The number of nitrogens with one attached hydrogen (secondary N) is 1. The third-order valence-electron chi connectivity index (χ3n) is 3.27. The summed E-state index contributed by atoms with van der Waals surface area (Å²) in [5.74, 6) is -1.37. The Morgan fingerprint density at radius 3 is 2.71 bits per heavy atom. The van der Waals surface area contributed by atoms with Crippen molar-refractivity contribution in [3.63, 3.8) is 0 Å². The zero-order valence-electron chi connectivity index (χ0n) is 12.4. The highest BCUT2D eigenvalue weighted by molar-refractivity contribution is 5.95. The van der Waals surface area contributed by atoms with Gasteiger partial charge >= 0.3 is 0 Å². The molecule has 1 aromatic rings. The molecule has 0 spiro atoms. The van der Waals surface area contributed by atoms with E-state index in [2.05, 4.69) is 12.2 Å². The fraction of sp³-hybridized carbons (Fsp3) is 0.533. The Morgan fingerprint density at radius 1 is 1.38 bits per heavy atom. The van der Waals surface area contributed by atoms with Gasteiger partial charge in [0.05, 0.1) is 10.5 Å². The van der Waals surface area contributed by atoms with Crippen molar-refractivity contribution in [1.29, 1.82) is 0 Å². The van der Waals surface area contributed by atoms with Crippen molar-refractivity contribution in [2.24, 2.45) is 0 Å². The average Bonchev–Trinajstić information content (AvgIpc) is 2.43. The second-order valence-corrected chi connectivity index (χ2v) is 5.15. The SMILES string of the molecule is CCCCCCC(C)NC(=O)c1cc([N+](=O)[O-])ccc1F. The molecule has 1 atom stereocenters. The van der Waals surface area contributed by atoms with Crippen LogP contribution in [0.2, 0.25) is 0 Å². The zero-order valence-corrected chi connectivity index (χ0v) is 12.4. The van der Waals surface area contributed by atoms with Gasteiger partial charge in [-0.1, -0.05) is 32.6 Å². The third-order valence-corrected chi connectivity index (χ3v) is 3.27. The van der Waals surface area contributed by atoms with Gasteiger partial charge in [-0.25, -0.2) is 4.39 Å². The fourth-order valence-corrected chi connectivity index (χ4v) is 2.05. The van der Waals surface area contributed by atoms with E-state index >= 15 is 0 Å². The minimum absolute atomic E-state index is 0.0898. The van der Waals surface area contributed by atoms with Crippen LogP contribution in [-0.4, -0.2) is 16.9 Å². The monoisotopic (exact) mass is 296 g/mol. The summed E-state index contributed by atoms with van der Waals surface area (Å²) in [6, 6.07) is 2.86. The van der Waals surface area contributed by atoms with Crippen LogP contribution in [-0.2, 0) is 0 Å². The van der Waals surface area contributed by atoms with Crippen LogP contribution in [0.5, 0.6) is 0 Å². The normalized spacial score (nSPS) is 12.0. The van der Waals surface area contributed by atoms with Crippen molar-refractivity contribution in [3.05, 3.63) is 39.7 Å². The van der Waals surface area contributed by atoms with Crippen LogP contribution in [0.3, 0.4) is 0 Å². The van der Waals surface area contributed by atoms with Crippen LogP contribution in [0.25, 0.3) is 0 Å². The van der Waals surface area contributed by atoms with Gasteiger partial charge in [-0.3, -0.25) is 14.9 Å².